The highest BCUT2D eigenvalue weighted by molar-refractivity contribution is 6.32. The van der Waals surface area contributed by atoms with Crippen LogP contribution in [0.15, 0.2) is 36.4 Å². The van der Waals surface area contributed by atoms with Crippen LogP contribution in [-0.2, 0) is 0 Å². The summed E-state index contributed by atoms with van der Waals surface area (Å²) in [4.78, 5) is 0. The lowest BCUT2D eigenvalue weighted by atomic mass is 10.3. The van der Waals surface area contributed by atoms with Crippen LogP contribution in [0.2, 0.25) is 10.0 Å². The van der Waals surface area contributed by atoms with Gasteiger partial charge in [-0.25, -0.2) is 4.39 Å². The number of rotatable bonds is 2. The van der Waals surface area contributed by atoms with Gasteiger partial charge in [0, 0.05) is 5.02 Å². The molecule has 17 heavy (non-hydrogen) atoms. The first-order valence-electron chi connectivity index (χ1n) is 4.74. The summed E-state index contributed by atoms with van der Waals surface area (Å²) in [5.74, 6) is 0.330. The molecule has 0 amide bonds. The normalized spacial score (nSPS) is 10.3. The largest absolute Gasteiger partial charge is 0.454 e. The highest BCUT2D eigenvalue weighted by atomic mass is 35.5. The van der Waals surface area contributed by atoms with Gasteiger partial charge in [0.1, 0.15) is 17.3 Å². The zero-order valence-electron chi connectivity index (χ0n) is 8.58. The predicted molar refractivity (Wildman–Crippen MR) is 67.3 cm³/mol. The second kappa shape index (κ2) is 4.82. The number of benzene rings is 2. The first kappa shape index (κ1) is 12.0. The molecule has 0 spiro atoms. The Hall–Kier alpha value is -1.45. The molecule has 0 aliphatic carbocycles. The van der Waals surface area contributed by atoms with E-state index in [2.05, 4.69) is 0 Å². The molecule has 88 valence electrons. The summed E-state index contributed by atoms with van der Waals surface area (Å²) in [5, 5.41) is 0.694. The monoisotopic (exact) mass is 271 g/mol. The van der Waals surface area contributed by atoms with Crippen molar-refractivity contribution >= 4 is 28.9 Å². The fourth-order valence-corrected chi connectivity index (χ4v) is 1.68. The smallest absolute Gasteiger partial charge is 0.150 e. The van der Waals surface area contributed by atoms with E-state index in [0.29, 0.717) is 22.2 Å². The minimum absolute atomic E-state index is 0.180. The maximum absolute atomic E-state index is 12.8. The van der Waals surface area contributed by atoms with E-state index in [-0.39, 0.29) is 5.02 Å². The van der Waals surface area contributed by atoms with E-state index in [9.17, 15) is 4.39 Å². The molecule has 2 nitrogen and oxygen atoms in total. The fraction of sp³-hybridized carbons (Fsp3) is 0. The third-order valence-electron chi connectivity index (χ3n) is 2.09. The van der Waals surface area contributed by atoms with E-state index in [0.717, 1.165) is 0 Å². The Labute approximate surface area is 108 Å². The number of hydrogen-bond donors (Lipinski definition) is 1. The second-order valence-electron chi connectivity index (χ2n) is 3.36. The van der Waals surface area contributed by atoms with E-state index in [1.807, 2.05) is 0 Å². The molecule has 5 heteroatoms. The van der Waals surface area contributed by atoms with Gasteiger partial charge in [0.05, 0.1) is 10.7 Å². The van der Waals surface area contributed by atoms with Gasteiger partial charge in [-0.1, -0.05) is 23.2 Å². The van der Waals surface area contributed by atoms with Crippen molar-refractivity contribution in [3.05, 3.63) is 52.3 Å². The van der Waals surface area contributed by atoms with Crippen molar-refractivity contribution in [2.24, 2.45) is 0 Å². The van der Waals surface area contributed by atoms with E-state index in [4.69, 9.17) is 33.7 Å². The van der Waals surface area contributed by atoms with Gasteiger partial charge in [-0.2, -0.15) is 0 Å². The van der Waals surface area contributed by atoms with Gasteiger partial charge in [-0.05, 0) is 36.4 Å². The summed E-state index contributed by atoms with van der Waals surface area (Å²) in [7, 11) is 0. The zero-order chi connectivity index (χ0) is 12.4. The molecule has 2 aromatic carbocycles. The van der Waals surface area contributed by atoms with E-state index < -0.39 is 5.82 Å². The Balaban J connectivity index is 2.31. The molecular formula is C12H8Cl2FNO. The van der Waals surface area contributed by atoms with Crippen molar-refractivity contribution in [2.45, 2.75) is 0 Å². The molecule has 0 bridgehead atoms. The summed E-state index contributed by atoms with van der Waals surface area (Å²) in [6.07, 6.45) is 0. The minimum Gasteiger partial charge on any atom is -0.454 e. The van der Waals surface area contributed by atoms with Crippen LogP contribution in [0, 0.1) is 5.82 Å². The average Bonchev–Trinajstić information content (AvgIpc) is 2.25. The molecule has 0 unspecified atom stereocenters. The molecule has 2 aromatic rings. The number of nitrogens with two attached hydrogens (primary N) is 1. The van der Waals surface area contributed by atoms with Gasteiger partial charge < -0.3 is 10.5 Å². The molecule has 2 rings (SSSR count). The third-order valence-corrected chi connectivity index (χ3v) is 2.62. The van der Waals surface area contributed by atoms with Gasteiger partial charge in [0.15, 0.2) is 0 Å². The van der Waals surface area contributed by atoms with Crippen LogP contribution in [0.3, 0.4) is 0 Å². The van der Waals surface area contributed by atoms with Crippen LogP contribution in [0.25, 0.3) is 0 Å². The third kappa shape index (κ3) is 2.81. The molecule has 0 aliphatic heterocycles. The highest BCUT2D eigenvalue weighted by Gasteiger charge is 2.07. The maximum atomic E-state index is 12.8. The number of nitrogen functional groups attached to an aromatic ring is 1. The number of anilines is 1. The standard InChI is InChI=1S/C12H8Cl2FNO/c13-7-1-3-12(10(16)5-7)17-11-4-2-8(15)6-9(11)14/h1-6H,16H2. The highest BCUT2D eigenvalue weighted by Crippen LogP contribution is 2.33. The number of ether oxygens (including phenoxy) is 1. The van der Waals surface area contributed by atoms with Crippen LogP contribution >= 0.6 is 23.2 Å². The fourth-order valence-electron chi connectivity index (χ4n) is 1.29. The summed E-state index contributed by atoms with van der Waals surface area (Å²) in [5.41, 5.74) is 6.11. The van der Waals surface area contributed by atoms with E-state index in [1.54, 1.807) is 18.2 Å². The first-order valence-corrected chi connectivity index (χ1v) is 5.50. The molecular weight excluding hydrogens is 264 g/mol. The summed E-state index contributed by atoms with van der Waals surface area (Å²) < 4.78 is 18.3. The van der Waals surface area contributed by atoms with Gasteiger partial charge >= 0.3 is 0 Å². The molecule has 2 N–H and O–H groups in total. The topological polar surface area (TPSA) is 35.2 Å². The number of hydrogen-bond acceptors (Lipinski definition) is 2. The molecule has 0 saturated heterocycles. The molecule has 0 heterocycles. The minimum atomic E-state index is -0.425. The Kier molecular flexibility index (Phi) is 3.41. The Morgan fingerprint density at radius 3 is 2.35 bits per heavy atom. The van der Waals surface area contributed by atoms with E-state index >= 15 is 0 Å². The lowest BCUT2D eigenvalue weighted by Crippen LogP contribution is -1.92. The van der Waals surface area contributed by atoms with Crippen molar-refractivity contribution in [3.8, 4) is 11.5 Å². The second-order valence-corrected chi connectivity index (χ2v) is 4.20. The molecule has 0 aliphatic rings. The maximum Gasteiger partial charge on any atom is 0.150 e. The number of halogens is 3. The summed E-state index contributed by atoms with van der Waals surface area (Å²) in [6.45, 7) is 0. The average molecular weight is 272 g/mol. The van der Waals surface area contributed by atoms with Crippen molar-refractivity contribution in [1.82, 2.24) is 0 Å². The molecule has 0 radical (unpaired) electrons. The molecule has 0 fully saturated rings. The van der Waals surface area contributed by atoms with Crippen molar-refractivity contribution < 1.29 is 9.13 Å². The Bertz CT molecular complexity index is 511. The van der Waals surface area contributed by atoms with Crippen molar-refractivity contribution in [3.63, 3.8) is 0 Å². The van der Waals surface area contributed by atoms with E-state index in [1.165, 1.54) is 18.2 Å². The van der Waals surface area contributed by atoms with Gasteiger partial charge in [-0.3, -0.25) is 0 Å². The quantitative estimate of drug-likeness (QED) is 0.816. The summed E-state index contributed by atoms with van der Waals surface area (Å²) in [6, 6.07) is 8.69. The van der Waals surface area contributed by atoms with Gasteiger partial charge in [-0.15, -0.1) is 0 Å². The zero-order valence-corrected chi connectivity index (χ0v) is 10.1. The van der Waals surface area contributed by atoms with Crippen LogP contribution in [-0.4, -0.2) is 0 Å². The van der Waals surface area contributed by atoms with Crippen molar-refractivity contribution in [2.75, 3.05) is 5.73 Å². The Morgan fingerprint density at radius 1 is 1.00 bits per heavy atom. The molecule has 0 saturated carbocycles. The van der Waals surface area contributed by atoms with Crippen LogP contribution < -0.4 is 10.5 Å². The predicted octanol–water partition coefficient (Wildman–Crippen LogP) is 4.51. The van der Waals surface area contributed by atoms with Gasteiger partial charge in [0.25, 0.3) is 0 Å². The summed E-state index contributed by atoms with van der Waals surface area (Å²) >= 11 is 11.6. The lowest BCUT2D eigenvalue weighted by molar-refractivity contribution is 0.483. The van der Waals surface area contributed by atoms with Crippen molar-refractivity contribution in [1.29, 1.82) is 0 Å². The Morgan fingerprint density at radius 2 is 1.71 bits per heavy atom. The van der Waals surface area contributed by atoms with Crippen LogP contribution in [0.4, 0.5) is 10.1 Å². The van der Waals surface area contributed by atoms with Crippen LogP contribution in [0.5, 0.6) is 11.5 Å². The first-order chi connectivity index (χ1) is 8.06. The van der Waals surface area contributed by atoms with Crippen LogP contribution in [0.1, 0.15) is 0 Å². The molecule has 0 atom stereocenters. The lowest BCUT2D eigenvalue weighted by Gasteiger charge is -2.09. The SMILES string of the molecule is Nc1cc(Cl)ccc1Oc1ccc(F)cc1Cl. The van der Waals surface area contributed by atoms with Gasteiger partial charge in [0.2, 0.25) is 0 Å². The molecule has 0 aromatic heterocycles.